The van der Waals surface area contributed by atoms with Crippen LogP contribution in [0.25, 0.3) is 21.8 Å². The predicted molar refractivity (Wildman–Crippen MR) is 165 cm³/mol. The van der Waals surface area contributed by atoms with E-state index in [2.05, 4.69) is 34.0 Å². The minimum Gasteiger partial charge on any atom is -0.351 e. The van der Waals surface area contributed by atoms with E-state index in [1.165, 1.54) is 23.5 Å². The van der Waals surface area contributed by atoms with Gasteiger partial charge in [0.1, 0.15) is 11.6 Å². The lowest BCUT2D eigenvalue weighted by atomic mass is 9.90. The minimum absolute atomic E-state index is 0.0138. The van der Waals surface area contributed by atoms with Gasteiger partial charge in [-0.15, -0.1) is 0 Å². The molecule has 3 aliphatic rings. The number of sulfone groups is 1. The molecule has 3 atom stereocenters. The van der Waals surface area contributed by atoms with E-state index in [4.69, 9.17) is 4.98 Å². The van der Waals surface area contributed by atoms with E-state index in [0.29, 0.717) is 21.7 Å². The number of benzene rings is 2. The van der Waals surface area contributed by atoms with Gasteiger partial charge in [-0.25, -0.2) is 45.0 Å². The Labute approximate surface area is 261 Å². The maximum absolute atomic E-state index is 16.2. The van der Waals surface area contributed by atoms with Gasteiger partial charge >= 0.3 is 0 Å². The molecule has 0 amide bonds. The van der Waals surface area contributed by atoms with Gasteiger partial charge in [0, 0.05) is 29.9 Å². The first-order chi connectivity index (χ1) is 21.2. The Bertz CT molecular complexity index is 2030. The molecule has 2 aromatic carbocycles. The van der Waals surface area contributed by atoms with Crippen molar-refractivity contribution in [1.82, 2.24) is 15.0 Å². The number of fused-ring (bicyclic) bond motifs is 1. The maximum atomic E-state index is 16.2. The van der Waals surface area contributed by atoms with Crippen LogP contribution in [0.15, 0.2) is 53.6 Å². The van der Waals surface area contributed by atoms with Crippen LogP contribution in [-0.2, 0) is 19.9 Å². The molecule has 4 heterocycles. The van der Waals surface area contributed by atoms with Crippen molar-refractivity contribution >= 4 is 48.0 Å². The smallest absolute Gasteiger partial charge is 0.267 e. The molecular formula is C29H27F3N6O4S3. The van der Waals surface area contributed by atoms with Gasteiger partial charge < -0.3 is 10.2 Å². The molecule has 45 heavy (non-hydrogen) atoms. The normalized spacial score (nSPS) is 22.9. The van der Waals surface area contributed by atoms with Gasteiger partial charge in [-0.3, -0.25) is 4.72 Å². The largest absolute Gasteiger partial charge is 0.351 e. The van der Waals surface area contributed by atoms with Crippen LogP contribution < -0.4 is 14.9 Å². The average Bonchev–Trinajstić information content (AvgIpc) is 3.26. The van der Waals surface area contributed by atoms with E-state index in [0.717, 1.165) is 37.2 Å². The third-order valence-corrected chi connectivity index (χ3v) is 12.9. The molecule has 2 aromatic heterocycles. The number of rotatable bonds is 8. The molecule has 1 aliphatic carbocycles. The summed E-state index contributed by atoms with van der Waals surface area (Å²) in [6.07, 6.45) is 2.47. The molecule has 0 bridgehead atoms. The number of anilines is 3. The summed E-state index contributed by atoms with van der Waals surface area (Å²) in [5, 5.41) is 3.85. The van der Waals surface area contributed by atoms with Crippen molar-refractivity contribution in [2.75, 3.05) is 33.0 Å². The van der Waals surface area contributed by atoms with Gasteiger partial charge in [-0.2, -0.15) is 0 Å². The Balaban J connectivity index is 1.26. The topological polar surface area (TPSA) is 134 Å². The molecule has 1 unspecified atom stereocenters. The highest BCUT2D eigenvalue weighted by atomic mass is 32.2. The van der Waals surface area contributed by atoms with Crippen LogP contribution in [0.1, 0.15) is 20.3 Å². The molecule has 1 saturated carbocycles. The maximum Gasteiger partial charge on any atom is 0.267 e. The lowest BCUT2D eigenvalue weighted by molar-refractivity contribution is 0.332. The number of nitrogens with one attached hydrogen (secondary N) is 2. The zero-order valence-corrected chi connectivity index (χ0v) is 26.4. The second-order valence-electron chi connectivity index (χ2n) is 12.1. The van der Waals surface area contributed by atoms with Gasteiger partial charge in [-0.05, 0) is 62.4 Å². The van der Waals surface area contributed by atoms with Crippen LogP contribution in [0.3, 0.4) is 0 Å². The number of nitrogens with zero attached hydrogens (tertiary/aromatic N) is 4. The molecule has 3 fully saturated rings. The Hall–Kier alpha value is -3.76. The van der Waals surface area contributed by atoms with Crippen LogP contribution in [0.4, 0.5) is 29.9 Å². The van der Waals surface area contributed by atoms with Crippen molar-refractivity contribution < 1.29 is 30.0 Å². The van der Waals surface area contributed by atoms with E-state index < -0.39 is 47.9 Å². The molecule has 0 radical (unpaired) electrons. The monoisotopic (exact) mass is 676 g/mol. The fourth-order valence-electron chi connectivity index (χ4n) is 6.01. The molecule has 0 spiro atoms. The van der Waals surface area contributed by atoms with Crippen molar-refractivity contribution in [3.05, 3.63) is 66.1 Å². The highest BCUT2D eigenvalue weighted by Gasteiger charge is 2.59. The van der Waals surface area contributed by atoms with Gasteiger partial charge in [0.05, 0.1) is 33.5 Å². The third kappa shape index (κ3) is 5.31. The first kappa shape index (κ1) is 29.9. The zero-order valence-electron chi connectivity index (χ0n) is 24.0. The summed E-state index contributed by atoms with van der Waals surface area (Å²) < 4.78 is 96.4. The van der Waals surface area contributed by atoms with Crippen LogP contribution in [0, 0.1) is 29.3 Å². The number of sulfonamides is 1. The van der Waals surface area contributed by atoms with E-state index in [1.807, 2.05) is 4.72 Å². The van der Waals surface area contributed by atoms with Crippen molar-refractivity contribution in [3.63, 3.8) is 0 Å². The minimum atomic E-state index is -4.83. The predicted octanol–water partition coefficient (Wildman–Crippen LogP) is 4.93. The molecular weight excluding hydrogens is 650 g/mol. The zero-order chi connectivity index (χ0) is 31.9. The molecule has 4 aromatic rings. The molecule has 2 aliphatic heterocycles. The summed E-state index contributed by atoms with van der Waals surface area (Å²) >= 11 is 1.29. The third-order valence-electron chi connectivity index (χ3n) is 8.62. The standard InChI is InChI=1S/C29H27F3N6O4S3/c1-29(2)10-12-38(29)28-36-24(15-5-3-8-20(22(15)32)37-45(41,42)26-18(30)6-4-7-19(26)31)25(43-28)21-9-11-33-27(34-21)35-23-16-13-44(39,40)14-17(16)23/h3-9,11,16-17,23,37H,10,12-14H2,1-2H3,(H,33,34,35)/t16-,17+,23?. The first-order valence-corrected chi connectivity index (χ1v) is 18.2. The van der Waals surface area contributed by atoms with E-state index in [9.17, 15) is 25.6 Å². The van der Waals surface area contributed by atoms with Crippen molar-refractivity contribution in [2.45, 2.75) is 36.7 Å². The van der Waals surface area contributed by atoms with Crippen molar-refractivity contribution in [1.29, 1.82) is 0 Å². The summed E-state index contributed by atoms with van der Waals surface area (Å²) in [5.41, 5.74) is -0.112. The second-order valence-corrected chi connectivity index (χ2v) is 16.8. The van der Waals surface area contributed by atoms with Crippen LogP contribution in [-0.4, -0.2) is 61.4 Å². The molecule has 2 saturated heterocycles. The Morgan fingerprint density at radius 1 is 1.00 bits per heavy atom. The summed E-state index contributed by atoms with van der Waals surface area (Å²) in [6, 6.07) is 8.23. The summed E-state index contributed by atoms with van der Waals surface area (Å²) in [6.45, 7) is 4.86. The Morgan fingerprint density at radius 2 is 1.69 bits per heavy atom. The quantitative estimate of drug-likeness (QED) is 0.267. The van der Waals surface area contributed by atoms with Crippen molar-refractivity contribution in [2.24, 2.45) is 11.8 Å². The van der Waals surface area contributed by atoms with Crippen molar-refractivity contribution in [3.8, 4) is 21.8 Å². The average molecular weight is 677 g/mol. The SMILES string of the molecule is CC1(C)CCN1c1nc(-c2cccc(NS(=O)(=O)c3c(F)cccc3F)c2F)c(-c2ccnc(NC3[C@H]4CS(=O)(=O)C[C@@H]34)n2)s1. The molecule has 236 valence electrons. The number of hydrogen-bond acceptors (Lipinski definition) is 10. The Kier molecular flexibility index (Phi) is 6.91. The summed E-state index contributed by atoms with van der Waals surface area (Å²) in [7, 11) is -7.85. The first-order valence-electron chi connectivity index (χ1n) is 14.1. The van der Waals surface area contributed by atoms with Gasteiger partial charge in [-0.1, -0.05) is 23.5 Å². The summed E-state index contributed by atoms with van der Waals surface area (Å²) in [4.78, 5) is 15.1. The van der Waals surface area contributed by atoms with Gasteiger partial charge in [0.15, 0.2) is 25.7 Å². The summed E-state index contributed by atoms with van der Waals surface area (Å²) in [5.74, 6) is -3.03. The van der Waals surface area contributed by atoms with Crippen LogP contribution >= 0.6 is 11.3 Å². The number of thiazole rings is 1. The number of halogens is 3. The van der Waals surface area contributed by atoms with Gasteiger partial charge in [0.25, 0.3) is 10.0 Å². The number of aromatic nitrogens is 3. The fourth-order valence-corrected chi connectivity index (χ4v) is 10.7. The second kappa shape index (κ2) is 10.4. The van der Waals surface area contributed by atoms with Gasteiger partial charge in [0.2, 0.25) is 5.95 Å². The highest BCUT2D eigenvalue weighted by Crippen LogP contribution is 2.49. The lowest BCUT2D eigenvalue weighted by Crippen LogP contribution is -2.56. The highest BCUT2D eigenvalue weighted by molar-refractivity contribution is 7.92. The van der Waals surface area contributed by atoms with Crippen LogP contribution in [0.5, 0.6) is 0 Å². The number of hydrogen-bond donors (Lipinski definition) is 2. The molecule has 10 nitrogen and oxygen atoms in total. The van der Waals surface area contributed by atoms with E-state index in [1.54, 1.807) is 12.3 Å². The fraction of sp³-hybridized carbons (Fsp3) is 0.345. The lowest BCUT2D eigenvalue weighted by Gasteiger charge is -2.48. The Morgan fingerprint density at radius 3 is 2.33 bits per heavy atom. The molecule has 7 rings (SSSR count). The van der Waals surface area contributed by atoms with E-state index in [-0.39, 0.29) is 46.2 Å². The van der Waals surface area contributed by atoms with Crippen LogP contribution in [0.2, 0.25) is 0 Å². The molecule has 2 N–H and O–H groups in total. The van der Waals surface area contributed by atoms with E-state index >= 15 is 4.39 Å². The molecule has 16 heteroatoms.